The fourth-order valence-electron chi connectivity index (χ4n) is 1.84. The molecule has 0 radical (unpaired) electrons. The first kappa shape index (κ1) is 14.5. The van der Waals surface area contributed by atoms with E-state index in [2.05, 4.69) is 41.9 Å². The second-order valence-corrected chi connectivity index (χ2v) is 4.75. The van der Waals surface area contributed by atoms with E-state index in [1.807, 2.05) is 18.5 Å². The molecule has 1 aromatic heterocycles. The maximum absolute atomic E-state index is 5.41. The van der Waals surface area contributed by atoms with E-state index in [0.717, 1.165) is 19.6 Å². The van der Waals surface area contributed by atoms with Gasteiger partial charge < -0.3 is 10.2 Å². The molecule has 3 heteroatoms. The largest absolute Gasteiger partial charge is 0.360 e. The number of nitrogens with zero attached hydrogens (tertiary/aromatic N) is 2. The van der Waals surface area contributed by atoms with Crippen LogP contribution in [0.5, 0.6) is 0 Å². The summed E-state index contributed by atoms with van der Waals surface area (Å²) in [5.74, 6) is 3.35. The maximum Gasteiger partial charge on any atom is 0.0791 e. The Morgan fingerprint density at radius 2 is 2.28 bits per heavy atom. The standard InChI is InChI=1S/C15H23N3/c1-5-9-18(6-2)15-7-8-16-11-14(15)12-17-10-13(3)4/h1,7-8,11,13,17H,6,9-10,12H2,2-4H3. The molecule has 1 N–H and O–H groups in total. The molecule has 1 aromatic rings. The van der Waals surface area contributed by atoms with Crippen molar-refractivity contribution >= 4 is 5.69 Å². The van der Waals surface area contributed by atoms with Crippen LogP contribution in [0.15, 0.2) is 18.5 Å². The number of pyridine rings is 1. The van der Waals surface area contributed by atoms with E-state index in [-0.39, 0.29) is 0 Å². The van der Waals surface area contributed by atoms with Gasteiger partial charge in [0, 0.05) is 36.7 Å². The molecular weight excluding hydrogens is 222 g/mol. The summed E-state index contributed by atoms with van der Waals surface area (Å²) in [6, 6.07) is 2.03. The van der Waals surface area contributed by atoms with Gasteiger partial charge in [-0.25, -0.2) is 0 Å². The molecule has 0 amide bonds. The van der Waals surface area contributed by atoms with Crippen molar-refractivity contribution < 1.29 is 0 Å². The molecule has 0 saturated heterocycles. The maximum atomic E-state index is 5.41. The van der Waals surface area contributed by atoms with Gasteiger partial charge in [0.1, 0.15) is 0 Å². The molecule has 0 saturated carbocycles. The zero-order valence-electron chi connectivity index (χ0n) is 11.6. The van der Waals surface area contributed by atoms with Gasteiger partial charge in [0.2, 0.25) is 0 Å². The summed E-state index contributed by atoms with van der Waals surface area (Å²) in [5, 5.41) is 3.44. The predicted molar refractivity (Wildman–Crippen MR) is 77.5 cm³/mol. The van der Waals surface area contributed by atoms with Crippen LogP contribution in [0.1, 0.15) is 26.3 Å². The van der Waals surface area contributed by atoms with E-state index < -0.39 is 0 Å². The zero-order chi connectivity index (χ0) is 13.4. The summed E-state index contributed by atoms with van der Waals surface area (Å²) in [7, 11) is 0. The molecule has 0 fully saturated rings. The van der Waals surface area contributed by atoms with Crippen LogP contribution < -0.4 is 10.2 Å². The molecule has 0 aromatic carbocycles. The van der Waals surface area contributed by atoms with Crippen molar-refractivity contribution in [2.45, 2.75) is 27.3 Å². The number of hydrogen-bond acceptors (Lipinski definition) is 3. The van der Waals surface area contributed by atoms with Gasteiger partial charge >= 0.3 is 0 Å². The third kappa shape index (κ3) is 4.38. The van der Waals surface area contributed by atoms with E-state index >= 15 is 0 Å². The lowest BCUT2D eigenvalue weighted by Gasteiger charge is -2.23. The lowest BCUT2D eigenvalue weighted by Crippen LogP contribution is -2.26. The average molecular weight is 245 g/mol. The molecule has 1 rings (SSSR count). The molecule has 0 aliphatic heterocycles. The molecule has 1 heterocycles. The van der Waals surface area contributed by atoms with Crippen LogP contribution in [0.2, 0.25) is 0 Å². The van der Waals surface area contributed by atoms with E-state index in [9.17, 15) is 0 Å². The molecule has 0 atom stereocenters. The first-order chi connectivity index (χ1) is 8.69. The predicted octanol–water partition coefficient (Wildman–Crippen LogP) is 2.29. The van der Waals surface area contributed by atoms with E-state index in [0.29, 0.717) is 12.5 Å². The minimum Gasteiger partial charge on any atom is -0.360 e. The van der Waals surface area contributed by atoms with E-state index in [1.54, 1.807) is 0 Å². The molecule has 0 aliphatic rings. The van der Waals surface area contributed by atoms with Crippen molar-refractivity contribution in [2.24, 2.45) is 5.92 Å². The first-order valence-electron chi connectivity index (χ1n) is 6.51. The number of anilines is 1. The Morgan fingerprint density at radius 1 is 1.50 bits per heavy atom. The molecule has 0 spiro atoms. The van der Waals surface area contributed by atoms with Crippen molar-refractivity contribution in [3.8, 4) is 12.3 Å². The van der Waals surface area contributed by atoms with Gasteiger partial charge in [-0.1, -0.05) is 19.8 Å². The van der Waals surface area contributed by atoms with Crippen LogP contribution in [0, 0.1) is 18.3 Å². The Balaban J connectivity index is 2.75. The average Bonchev–Trinajstić information content (AvgIpc) is 2.36. The van der Waals surface area contributed by atoms with Crippen molar-refractivity contribution in [1.29, 1.82) is 0 Å². The molecule has 0 unspecified atom stereocenters. The second-order valence-electron chi connectivity index (χ2n) is 4.75. The van der Waals surface area contributed by atoms with Crippen molar-refractivity contribution in [3.63, 3.8) is 0 Å². The van der Waals surface area contributed by atoms with Gasteiger partial charge in [0.15, 0.2) is 0 Å². The summed E-state index contributed by atoms with van der Waals surface area (Å²) < 4.78 is 0. The Labute approximate surface area is 111 Å². The lowest BCUT2D eigenvalue weighted by molar-refractivity contribution is 0.551. The van der Waals surface area contributed by atoms with Crippen LogP contribution in [0.3, 0.4) is 0 Å². The van der Waals surface area contributed by atoms with Gasteiger partial charge in [-0.2, -0.15) is 0 Å². The van der Waals surface area contributed by atoms with Crippen LogP contribution in [0.25, 0.3) is 0 Å². The SMILES string of the molecule is C#CCN(CC)c1ccncc1CNCC(C)C. The van der Waals surface area contributed by atoms with Crippen molar-refractivity contribution in [1.82, 2.24) is 10.3 Å². The quantitative estimate of drug-likeness (QED) is 0.747. The third-order valence-electron chi connectivity index (χ3n) is 2.75. The van der Waals surface area contributed by atoms with Crippen LogP contribution >= 0.6 is 0 Å². The highest BCUT2D eigenvalue weighted by molar-refractivity contribution is 5.53. The summed E-state index contributed by atoms with van der Waals surface area (Å²) in [6.45, 7) is 9.91. The molecule has 98 valence electrons. The van der Waals surface area contributed by atoms with Gasteiger partial charge in [-0.15, -0.1) is 6.42 Å². The number of terminal acetylenes is 1. The summed E-state index contributed by atoms with van der Waals surface area (Å²) in [6.07, 6.45) is 9.15. The van der Waals surface area contributed by atoms with Crippen LogP contribution in [-0.4, -0.2) is 24.6 Å². The van der Waals surface area contributed by atoms with Gasteiger partial charge in [0.25, 0.3) is 0 Å². The van der Waals surface area contributed by atoms with Crippen molar-refractivity contribution in [2.75, 3.05) is 24.5 Å². The molecule has 3 nitrogen and oxygen atoms in total. The fourth-order valence-corrected chi connectivity index (χ4v) is 1.84. The van der Waals surface area contributed by atoms with E-state index in [4.69, 9.17) is 6.42 Å². The minimum absolute atomic E-state index is 0.637. The highest BCUT2D eigenvalue weighted by atomic mass is 15.1. The number of rotatable bonds is 7. The monoisotopic (exact) mass is 245 g/mol. The van der Waals surface area contributed by atoms with Gasteiger partial charge in [-0.05, 0) is 25.5 Å². The van der Waals surface area contributed by atoms with Gasteiger partial charge in [-0.3, -0.25) is 4.98 Å². The summed E-state index contributed by atoms with van der Waals surface area (Å²) in [5.41, 5.74) is 2.39. The normalized spacial score (nSPS) is 10.4. The Morgan fingerprint density at radius 3 is 2.89 bits per heavy atom. The highest BCUT2D eigenvalue weighted by Crippen LogP contribution is 2.18. The Bertz CT molecular complexity index is 393. The molecular formula is C15H23N3. The third-order valence-corrected chi connectivity index (χ3v) is 2.75. The Hall–Kier alpha value is -1.53. The topological polar surface area (TPSA) is 28.2 Å². The van der Waals surface area contributed by atoms with E-state index in [1.165, 1.54) is 11.3 Å². The number of hydrogen-bond donors (Lipinski definition) is 1. The Kier molecular flexibility index (Phi) is 6.24. The van der Waals surface area contributed by atoms with Gasteiger partial charge in [0.05, 0.1) is 6.54 Å². The smallest absolute Gasteiger partial charge is 0.0791 e. The molecule has 18 heavy (non-hydrogen) atoms. The number of nitrogens with one attached hydrogen (secondary N) is 1. The summed E-state index contributed by atoms with van der Waals surface area (Å²) >= 11 is 0. The summed E-state index contributed by atoms with van der Waals surface area (Å²) in [4.78, 5) is 6.39. The van der Waals surface area contributed by atoms with Crippen molar-refractivity contribution in [3.05, 3.63) is 24.0 Å². The van der Waals surface area contributed by atoms with Crippen LogP contribution in [-0.2, 0) is 6.54 Å². The molecule has 0 aliphatic carbocycles. The zero-order valence-corrected chi connectivity index (χ0v) is 11.6. The highest BCUT2D eigenvalue weighted by Gasteiger charge is 2.08. The minimum atomic E-state index is 0.637. The first-order valence-corrected chi connectivity index (χ1v) is 6.51. The number of aromatic nitrogens is 1. The second kappa shape index (κ2) is 7.73. The fraction of sp³-hybridized carbons (Fsp3) is 0.533. The molecule has 0 bridgehead atoms. The lowest BCUT2D eigenvalue weighted by atomic mass is 10.2. The van der Waals surface area contributed by atoms with Crippen LogP contribution in [0.4, 0.5) is 5.69 Å².